The van der Waals surface area contributed by atoms with Crippen molar-refractivity contribution in [2.45, 2.75) is 78.0 Å². The van der Waals surface area contributed by atoms with Gasteiger partial charge in [0.05, 0.1) is 41.3 Å². The summed E-state index contributed by atoms with van der Waals surface area (Å²) < 4.78 is 28.8. The van der Waals surface area contributed by atoms with Crippen LogP contribution in [0.5, 0.6) is 0 Å². The molecule has 2 aromatic rings. The van der Waals surface area contributed by atoms with E-state index >= 15 is 0 Å². The van der Waals surface area contributed by atoms with Crippen LogP contribution in [0.25, 0.3) is 0 Å². The fraction of sp³-hybridized carbons (Fsp3) is 0.571. The third kappa shape index (κ3) is 3.81. The first-order chi connectivity index (χ1) is 13.3. The minimum absolute atomic E-state index is 0.299. The summed E-state index contributed by atoms with van der Waals surface area (Å²) in [6.45, 7) is 13.0. The number of rotatable bonds is 4. The van der Waals surface area contributed by atoms with Gasteiger partial charge in [-0.1, -0.05) is 6.07 Å². The van der Waals surface area contributed by atoms with E-state index < -0.39 is 23.9 Å². The van der Waals surface area contributed by atoms with Gasteiger partial charge in [-0.05, 0) is 59.1 Å². The van der Waals surface area contributed by atoms with E-state index in [-0.39, 0.29) is 5.82 Å². The van der Waals surface area contributed by atoms with Crippen molar-refractivity contribution >= 4 is 18.3 Å². The molecule has 0 aliphatic carbocycles. The Morgan fingerprint density at radius 1 is 1.17 bits per heavy atom. The number of aliphatic hydroxyl groups is 1. The van der Waals surface area contributed by atoms with Crippen molar-refractivity contribution in [3.8, 4) is 0 Å². The molecule has 156 valence electrons. The zero-order chi connectivity index (χ0) is 21.2. The smallest absolute Gasteiger partial charge is 0.399 e. The van der Waals surface area contributed by atoms with Crippen LogP contribution >= 0.6 is 0 Å². The highest BCUT2D eigenvalue weighted by molar-refractivity contribution is 6.62. The summed E-state index contributed by atoms with van der Waals surface area (Å²) in [6, 6.07) is 5.15. The van der Waals surface area contributed by atoms with Crippen LogP contribution in [-0.4, -0.2) is 38.8 Å². The Kier molecular flexibility index (Phi) is 4.61. The van der Waals surface area contributed by atoms with Gasteiger partial charge in [-0.25, -0.2) is 4.39 Å². The van der Waals surface area contributed by atoms with Gasteiger partial charge in [-0.3, -0.25) is 4.68 Å². The van der Waals surface area contributed by atoms with Crippen LogP contribution < -0.4 is 10.4 Å². The summed E-state index contributed by atoms with van der Waals surface area (Å²) in [6.07, 6.45) is 1.93. The standard InChI is InChI=1S/C21H29BFN3O3/c1-19(2,27)13-26-11-14-10-25(12-17(14)24-26)18-8-7-15(9-16(18)23)22-28-20(3,4)21(5,6)29-22/h7-9,11,27H,10,12-13H2,1-6H3. The quantitative estimate of drug-likeness (QED) is 0.799. The highest BCUT2D eigenvalue weighted by atomic mass is 19.1. The third-order valence-electron chi connectivity index (χ3n) is 6.01. The van der Waals surface area contributed by atoms with Crippen LogP contribution in [0.15, 0.2) is 24.4 Å². The number of anilines is 1. The van der Waals surface area contributed by atoms with E-state index in [0.717, 1.165) is 11.3 Å². The Bertz CT molecular complexity index is 896. The summed E-state index contributed by atoms with van der Waals surface area (Å²) in [7, 11) is -0.580. The molecule has 6 nitrogen and oxygen atoms in total. The second kappa shape index (κ2) is 6.55. The molecule has 0 amide bonds. The second-order valence-corrected chi connectivity index (χ2v) is 9.77. The van der Waals surface area contributed by atoms with Crippen LogP contribution in [0, 0.1) is 5.82 Å². The largest absolute Gasteiger partial charge is 0.494 e. The summed E-state index contributed by atoms with van der Waals surface area (Å²) >= 11 is 0. The Morgan fingerprint density at radius 2 is 1.83 bits per heavy atom. The van der Waals surface area contributed by atoms with E-state index in [1.807, 2.05) is 44.9 Å². The third-order valence-corrected chi connectivity index (χ3v) is 6.01. The van der Waals surface area contributed by atoms with Crippen molar-refractivity contribution < 1.29 is 18.8 Å². The molecule has 4 rings (SSSR count). The molecule has 8 heteroatoms. The van der Waals surface area contributed by atoms with Gasteiger partial charge < -0.3 is 19.3 Å². The van der Waals surface area contributed by atoms with E-state index in [9.17, 15) is 9.50 Å². The second-order valence-electron chi connectivity index (χ2n) is 9.77. The van der Waals surface area contributed by atoms with Crippen LogP contribution in [0.1, 0.15) is 52.8 Å². The zero-order valence-corrected chi connectivity index (χ0v) is 18.0. The maximum atomic E-state index is 15.0. The van der Waals surface area contributed by atoms with Gasteiger partial charge in [0.2, 0.25) is 0 Å². The fourth-order valence-electron chi connectivity index (χ4n) is 3.76. The van der Waals surface area contributed by atoms with Crippen molar-refractivity contribution in [2.75, 3.05) is 4.90 Å². The Labute approximate surface area is 171 Å². The predicted octanol–water partition coefficient (Wildman–Crippen LogP) is 2.61. The van der Waals surface area contributed by atoms with Gasteiger partial charge in [-0.2, -0.15) is 5.10 Å². The SMILES string of the molecule is CC(C)(O)Cn1cc2c(n1)CN(c1ccc(B3OC(C)(C)C(C)(C)O3)cc1F)C2. The Balaban J connectivity index is 1.49. The number of fused-ring (bicyclic) bond motifs is 1. The van der Waals surface area contributed by atoms with E-state index in [0.29, 0.717) is 30.8 Å². The molecule has 1 N–H and O–H groups in total. The van der Waals surface area contributed by atoms with Crippen molar-refractivity contribution in [2.24, 2.45) is 0 Å². The summed E-state index contributed by atoms with van der Waals surface area (Å²) in [4.78, 5) is 1.97. The zero-order valence-electron chi connectivity index (χ0n) is 18.0. The monoisotopic (exact) mass is 401 g/mol. The summed E-state index contributed by atoms with van der Waals surface area (Å²) in [5.41, 5.74) is 1.45. The van der Waals surface area contributed by atoms with Crippen LogP contribution in [-0.2, 0) is 28.9 Å². The lowest BCUT2D eigenvalue weighted by Crippen LogP contribution is -2.41. The molecular weight excluding hydrogens is 372 g/mol. The molecule has 0 spiro atoms. The van der Waals surface area contributed by atoms with E-state index in [1.165, 1.54) is 6.07 Å². The van der Waals surface area contributed by atoms with Crippen LogP contribution in [0.3, 0.4) is 0 Å². The molecule has 0 radical (unpaired) electrons. The topological polar surface area (TPSA) is 59.8 Å². The predicted molar refractivity (Wildman–Crippen MR) is 111 cm³/mol. The first-order valence-electron chi connectivity index (χ1n) is 10.0. The fourth-order valence-corrected chi connectivity index (χ4v) is 3.76. The minimum Gasteiger partial charge on any atom is -0.399 e. The normalized spacial score (nSPS) is 20.4. The van der Waals surface area contributed by atoms with Crippen molar-refractivity contribution in [3.05, 3.63) is 41.5 Å². The lowest BCUT2D eigenvalue weighted by molar-refractivity contribution is 0.00578. The first kappa shape index (κ1) is 20.4. The maximum absolute atomic E-state index is 15.0. The van der Waals surface area contributed by atoms with Gasteiger partial charge in [0.25, 0.3) is 0 Å². The molecule has 1 fully saturated rings. The van der Waals surface area contributed by atoms with Gasteiger partial charge in [0, 0.05) is 18.3 Å². The van der Waals surface area contributed by atoms with Gasteiger partial charge in [0.1, 0.15) is 5.82 Å². The molecule has 1 aromatic carbocycles. The Hall–Kier alpha value is -1.90. The number of hydrogen-bond donors (Lipinski definition) is 1. The number of nitrogens with zero attached hydrogens (tertiary/aromatic N) is 3. The summed E-state index contributed by atoms with van der Waals surface area (Å²) in [5.74, 6) is -0.299. The molecule has 0 unspecified atom stereocenters. The maximum Gasteiger partial charge on any atom is 0.494 e. The molecule has 1 saturated heterocycles. The number of hydrogen-bond acceptors (Lipinski definition) is 5. The van der Waals surface area contributed by atoms with Crippen LogP contribution in [0.2, 0.25) is 0 Å². The lowest BCUT2D eigenvalue weighted by Gasteiger charge is -2.32. The molecule has 3 heterocycles. The van der Waals surface area contributed by atoms with Crippen LogP contribution in [0.4, 0.5) is 10.1 Å². The van der Waals surface area contributed by atoms with Gasteiger partial charge in [0.15, 0.2) is 0 Å². The van der Waals surface area contributed by atoms with Crippen molar-refractivity contribution in [1.29, 1.82) is 0 Å². The molecule has 29 heavy (non-hydrogen) atoms. The molecular formula is C21H29BFN3O3. The van der Waals surface area contributed by atoms with Gasteiger partial charge >= 0.3 is 7.12 Å². The minimum atomic E-state index is -0.825. The van der Waals surface area contributed by atoms with E-state index in [2.05, 4.69) is 5.10 Å². The molecule has 1 aromatic heterocycles. The summed E-state index contributed by atoms with van der Waals surface area (Å²) in [5, 5.41) is 14.5. The molecule has 0 saturated carbocycles. The molecule has 0 bridgehead atoms. The van der Waals surface area contributed by atoms with Gasteiger partial charge in [-0.15, -0.1) is 0 Å². The van der Waals surface area contributed by atoms with Crippen molar-refractivity contribution in [3.63, 3.8) is 0 Å². The average molecular weight is 401 g/mol. The molecule has 0 atom stereocenters. The van der Waals surface area contributed by atoms with E-state index in [4.69, 9.17) is 9.31 Å². The van der Waals surface area contributed by atoms with E-state index in [1.54, 1.807) is 24.6 Å². The highest BCUT2D eigenvalue weighted by Crippen LogP contribution is 2.37. The van der Waals surface area contributed by atoms with Crippen molar-refractivity contribution in [1.82, 2.24) is 9.78 Å². The molecule has 2 aliphatic heterocycles. The molecule has 2 aliphatic rings. The highest BCUT2D eigenvalue weighted by Gasteiger charge is 2.51. The number of aromatic nitrogens is 2. The number of halogens is 1. The first-order valence-corrected chi connectivity index (χ1v) is 10.0. The average Bonchev–Trinajstić information content (AvgIpc) is 3.15. The number of benzene rings is 1. The Morgan fingerprint density at radius 3 is 2.38 bits per heavy atom. The lowest BCUT2D eigenvalue weighted by atomic mass is 9.79.